The molecule has 0 aliphatic heterocycles. The van der Waals surface area contributed by atoms with Gasteiger partial charge >= 0.3 is 0 Å². The first-order chi connectivity index (χ1) is 12.7. The highest BCUT2D eigenvalue weighted by atomic mass is 127. The Bertz CT molecular complexity index is 1040. The van der Waals surface area contributed by atoms with Crippen molar-refractivity contribution in [2.24, 2.45) is 0 Å². The Balaban J connectivity index is 1.91. The maximum Gasteiger partial charge on any atom is 0.0716 e. The van der Waals surface area contributed by atoms with E-state index in [4.69, 9.17) is 4.98 Å². The maximum absolute atomic E-state index is 4.95. The van der Waals surface area contributed by atoms with Gasteiger partial charge in [0.2, 0.25) is 0 Å². The van der Waals surface area contributed by atoms with Gasteiger partial charge in [0.25, 0.3) is 0 Å². The average Bonchev–Trinajstić information content (AvgIpc) is 2.69. The Morgan fingerprint density at radius 3 is 1.81 bits per heavy atom. The monoisotopic (exact) mass is 559 g/mol. The predicted octanol–water partition coefficient (Wildman–Crippen LogP) is 7.29. The average molecular weight is 559 g/mol. The maximum atomic E-state index is 4.95. The van der Waals surface area contributed by atoms with Gasteiger partial charge in [0, 0.05) is 18.3 Å². The molecule has 0 fully saturated rings. The third-order valence-electron chi connectivity index (χ3n) is 4.19. The normalized spacial score (nSPS) is 10.7. The van der Waals surface area contributed by atoms with E-state index in [0.29, 0.717) is 0 Å². The first kappa shape index (κ1) is 17.7. The van der Waals surface area contributed by atoms with E-state index in [0.717, 1.165) is 22.5 Å². The van der Waals surface area contributed by atoms with Gasteiger partial charge in [-0.05, 0) is 92.7 Å². The molecule has 3 aromatic carbocycles. The van der Waals surface area contributed by atoms with Crippen LogP contribution in [-0.2, 0) is 0 Å². The summed E-state index contributed by atoms with van der Waals surface area (Å²) in [6.07, 6.45) is 0. The Morgan fingerprint density at radius 2 is 1.12 bits per heavy atom. The molecule has 0 radical (unpaired) electrons. The number of benzene rings is 3. The molecular weight excluding hydrogens is 544 g/mol. The molecule has 1 nitrogen and oxygen atoms in total. The molecule has 1 heterocycles. The molecule has 1 aromatic heterocycles. The topological polar surface area (TPSA) is 12.9 Å². The highest BCUT2D eigenvalue weighted by Gasteiger charge is 2.09. The van der Waals surface area contributed by atoms with Crippen molar-refractivity contribution in [3.63, 3.8) is 0 Å². The number of pyridine rings is 1. The molecule has 0 N–H and O–H groups in total. The van der Waals surface area contributed by atoms with Gasteiger partial charge in [-0.3, -0.25) is 0 Å². The summed E-state index contributed by atoms with van der Waals surface area (Å²) in [5.74, 6) is 0. The van der Waals surface area contributed by atoms with Crippen molar-refractivity contribution in [2.45, 2.75) is 0 Å². The van der Waals surface area contributed by atoms with Crippen LogP contribution in [0.4, 0.5) is 0 Å². The number of halogens is 2. The van der Waals surface area contributed by atoms with Gasteiger partial charge in [-0.15, -0.1) is 0 Å². The molecule has 0 atom stereocenters. The molecule has 4 rings (SSSR count). The van der Waals surface area contributed by atoms with Gasteiger partial charge in [0.1, 0.15) is 0 Å². The van der Waals surface area contributed by atoms with E-state index in [1.54, 1.807) is 0 Å². The standard InChI is InChI=1S/C23H15I2N/c24-20-11-9-16(10-12-20)19-14-22(17-5-2-1-3-6-17)26-23(15-19)18-7-4-8-21(25)13-18/h1-15H. The zero-order valence-electron chi connectivity index (χ0n) is 13.9. The largest absolute Gasteiger partial charge is 0.248 e. The molecule has 0 bridgehead atoms. The van der Waals surface area contributed by atoms with Crippen LogP contribution in [-0.4, -0.2) is 4.98 Å². The lowest BCUT2D eigenvalue weighted by Crippen LogP contribution is -1.91. The minimum Gasteiger partial charge on any atom is -0.248 e. The number of hydrogen-bond acceptors (Lipinski definition) is 1. The molecule has 4 aromatic rings. The van der Waals surface area contributed by atoms with Gasteiger partial charge < -0.3 is 0 Å². The first-order valence-corrected chi connectivity index (χ1v) is 10.4. The van der Waals surface area contributed by atoms with Gasteiger partial charge in [-0.25, -0.2) is 4.98 Å². The minimum atomic E-state index is 0.996. The van der Waals surface area contributed by atoms with Crippen LogP contribution in [0.2, 0.25) is 0 Å². The molecule has 0 unspecified atom stereocenters. The lowest BCUT2D eigenvalue weighted by Gasteiger charge is -2.10. The summed E-state index contributed by atoms with van der Waals surface area (Å²) in [6, 6.07) is 31.8. The number of rotatable bonds is 3. The zero-order valence-corrected chi connectivity index (χ0v) is 18.2. The molecule has 126 valence electrons. The minimum absolute atomic E-state index is 0.996. The highest BCUT2D eigenvalue weighted by molar-refractivity contribution is 14.1. The summed E-state index contributed by atoms with van der Waals surface area (Å²) in [4.78, 5) is 4.95. The first-order valence-electron chi connectivity index (χ1n) is 8.28. The van der Waals surface area contributed by atoms with Crippen molar-refractivity contribution in [1.29, 1.82) is 0 Å². The van der Waals surface area contributed by atoms with Gasteiger partial charge in [-0.2, -0.15) is 0 Å². The zero-order chi connectivity index (χ0) is 17.9. The summed E-state index contributed by atoms with van der Waals surface area (Å²) in [5, 5.41) is 0. The van der Waals surface area contributed by atoms with Crippen LogP contribution in [0.25, 0.3) is 33.6 Å². The van der Waals surface area contributed by atoms with E-state index in [2.05, 4.69) is 130 Å². The van der Waals surface area contributed by atoms with Gasteiger partial charge in [-0.1, -0.05) is 54.6 Å². The van der Waals surface area contributed by atoms with E-state index in [9.17, 15) is 0 Å². The summed E-state index contributed by atoms with van der Waals surface area (Å²) in [7, 11) is 0. The van der Waals surface area contributed by atoms with E-state index in [1.165, 1.54) is 18.3 Å². The van der Waals surface area contributed by atoms with Crippen LogP contribution >= 0.6 is 45.2 Å². The van der Waals surface area contributed by atoms with Crippen LogP contribution < -0.4 is 0 Å². The quantitative estimate of drug-likeness (QED) is 0.241. The van der Waals surface area contributed by atoms with Crippen LogP contribution in [0.15, 0.2) is 91.0 Å². The second-order valence-corrected chi connectivity index (χ2v) is 8.50. The Kier molecular flexibility index (Phi) is 5.36. The fourth-order valence-corrected chi connectivity index (χ4v) is 3.79. The Labute approximate surface area is 180 Å². The molecule has 0 saturated carbocycles. The molecule has 0 saturated heterocycles. The fraction of sp³-hybridized carbons (Fsp3) is 0. The highest BCUT2D eigenvalue weighted by Crippen LogP contribution is 2.30. The van der Waals surface area contributed by atoms with Crippen molar-refractivity contribution in [2.75, 3.05) is 0 Å². The third-order valence-corrected chi connectivity index (χ3v) is 5.58. The number of nitrogens with zero attached hydrogens (tertiary/aromatic N) is 1. The lowest BCUT2D eigenvalue weighted by atomic mass is 10.00. The van der Waals surface area contributed by atoms with Crippen LogP contribution in [0.1, 0.15) is 0 Å². The van der Waals surface area contributed by atoms with Crippen molar-refractivity contribution in [3.05, 3.63) is 98.1 Å². The Hall–Kier alpha value is -1.73. The van der Waals surface area contributed by atoms with Crippen molar-refractivity contribution in [1.82, 2.24) is 4.98 Å². The molecular formula is C23H15I2N. The van der Waals surface area contributed by atoms with Crippen LogP contribution in [0, 0.1) is 7.14 Å². The predicted molar refractivity (Wildman–Crippen MR) is 126 cm³/mol. The van der Waals surface area contributed by atoms with Crippen molar-refractivity contribution in [3.8, 4) is 33.6 Å². The van der Waals surface area contributed by atoms with Gasteiger partial charge in [0.05, 0.1) is 11.4 Å². The molecule has 0 amide bonds. The van der Waals surface area contributed by atoms with Crippen molar-refractivity contribution >= 4 is 45.2 Å². The third kappa shape index (κ3) is 3.99. The summed E-state index contributed by atoms with van der Waals surface area (Å²) < 4.78 is 2.45. The molecule has 0 aliphatic carbocycles. The molecule has 3 heteroatoms. The second-order valence-electron chi connectivity index (χ2n) is 6.01. The summed E-state index contributed by atoms with van der Waals surface area (Å²) in [6.45, 7) is 0. The lowest BCUT2D eigenvalue weighted by molar-refractivity contribution is 1.32. The van der Waals surface area contributed by atoms with E-state index < -0.39 is 0 Å². The van der Waals surface area contributed by atoms with E-state index in [1.807, 2.05) is 6.07 Å². The van der Waals surface area contributed by atoms with Gasteiger partial charge in [0.15, 0.2) is 0 Å². The smallest absolute Gasteiger partial charge is 0.0716 e. The molecule has 26 heavy (non-hydrogen) atoms. The van der Waals surface area contributed by atoms with Crippen LogP contribution in [0.5, 0.6) is 0 Å². The Morgan fingerprint density at radius 1 is 0.462 bits per heavy atom. The number of hydrogen-bond donors (Lipinski definition) is 0. The molecule has 0 spiro atoms. The number of aromatic nitrogens is 1. The summed E-state index contributed by atoms with van der Waals surface area (Å²) in [5.41, 5.74) is 6.66. The fourth-order valence-electron chi connectivity index (χ4n) is 2.89. The second kappa shape index (κ2) is 7.88. The van der Waals surface area contributed by atoms with Crippen molar-refractivity contribution < 1.29 is 0 Å². The van der Waals surface area contributed by atoms with E-state index in [-0.39, 0.29) is 0 Å². The van der Waals surface area contributed by atoms with Crippen LogP contribution in [0.3, 0.4) is 0 Å². The SMILES string of the molecule is Ic1ccc(-c2cc(-c3ccccc3)nc(-c3cccc(I)c3)c2)cc1. The summed E-state index contributed by atoms with van der Waals surface area (Å²) >= 11 is 4.69. The van der Waals surface area contributed by atoms with E-state index >= 15 is 0 Å². The molecule has 0 aliphatic rings.